The van der Waals surface area contributed by atoms with Gasteiger partial charge in [0.25, 0.3) is 0 Å². The van der Waals surface area contributed by atoms with E-state index in [9.17, 15) is 0 Å². The van der Waals surface area contributed by atoms with Gasteiger partial charge in [-0.25, -0.2) is 9.97 Å². The first-order valence-corrected chi connectivity index (χ1v) is 7.03. The van der Waals surface area contributed by atoms with E-state index in [0.717, 1.165) is 31.0 Å². The SMILES string of the molecule is CCN(Cc1cnc(C)nc1C)C1=CCCC=C1C. The van der Waals surface area contributed by atoms with Crippen LogP contribution in [0.15, 0.2) is 29.6 Å². The molecule has 1 aliphatic rings. The Kier molecular flexibility index (Phi) is 4.35. The van der Waals surface area contributed by atoms with Crippen LogP contribution in [0.25, 0.3) is 0 Å². The molecule has 0 bridgehead atoms. The molecule has 1 aromatic heterocycles. The highest BCUT2D eigenvalue weighted by molar-refractivity contribution is 5.31. The van der Waals surface area contributed by atoms with Crippen molar-refractivity contribution in [3.8, 4) is 0 Å². The maximum atomic E-state index is 4.45. The van der Waals surface area contributed by atoms with E-state index in [1.54, 1.807) is 0 Å². The highest BCUT2D eigenvalue weighted by atomic mass is 15.1. The van der Waals surface area contributed by atoms with Gasteiger partial charge in [0, 0.05) is 36.2 Å². The number of allylic oxidation sites excluding steroid dienone is 3. The van der Waals surface area contributed by atoms with Gasteiger partial charge in [0.1, 0.15) is 5.82 Å². The highest BCUT2D eigenvalue weighted by Crippen LogP contribution is 2.23. The molecule has 0 unspecified atom stereocenters. The summed E-state index contributed by atoms with van der Waals surface area (Å²) in [6, 6.07) is 0. The molecule has 2 rings (SSSR count). The van der Waals surface area contributed by atoms with Gasteiger partial charge in [-0.2, -0.15) is 0 Å². The summed E-state index contributed by atoms with van der Waals surface area (Å²) < 4.78 is 0. The Hall–Kier alpha value is -1.64. The second-order valence-electron chi connectivity index (χ2n) is 5.10. The summed E-state index contributed by atoms with van der Waals surface area (Å²) in [4.78, 5) is 11.2. The largest absolute Gasteiger partial charge is 0.367 e. The molecule has 0 saturated carbocycles. The Morgan fingerprint density at radius 1 is 1.16 bits per heavy atom. The van der Waals surface area contributed by atoms with Crippen LogP contribution < -0.4 is 0 Å². The van der Waals surface area contributed by atoms with Gasteiger partial charge in [-0.1, -0.05) is 12.2 Å². The smallest absolute Gasteiger partial charge is 0.125 e. The van der Waals surface area contributed by atoms with E-state index in [1.807, 2.05) is 13.1 Å². The van der Waals surface area contributed by atoms with Crippen LogP contribution in [0, 0.1) is 13.8 Å². The second-order valence-corrected chi connectivity index (χ2v) is 5.10. The first kappa shape index (κ1) is 13.8. The third-order valence-electron chi connectivity index (χ3n) is 3.64. The predicted molar refractivity (Wildman–Crippen MR) is 78.7 cm³/mol. The van der Waals surface area contributed by atoms with Crippen LogP contribution in [-0.2, 0) is 6.54 Å². The minimum atomic E-state index is 0.845. The van der Waals surface area contributed by atoms with E-state index in [-0.39, 0.29) is 0 Å². The van der Waals surface area contributed by atoms with Crippen LogP contribution >= 0.6 is 0 Å². The second kappa shape index (κ2) is 6.00. The van der Waals surface area contributed by atoms with Crippen LogP contribution in [-0.4, -0.2) is 21.4 Å². The van der Waals surface area contributed by atoms with Crippen molar-refractivity contribution < 1.29 is 0 Å². The zero-order valence-electron chi connectivity index (χ0n) is 12.4. The molecule has 3 heteroatoms. The fourth-order valence-corrected chi connectivity index (χ4v) is 2.50. The lowest BCUT2D eigenvalue weighted by Gasteiger charge is -2.29. The van der Waals surface area contributed by atoms with Crippen molar-refractivity contribution >= 4 is 0 Å². The normalized spacial score (nSPS) is 14.9. The van der Waals surface area contributed by atoms with Crippen molar-refractivity contribution in [1.29, 1.82) is 0 Å². The van der Waals surface area contributed by atoms with Crippen molar-refractivity contribution in [3.63, 3.8) is 0 Å². The van der Waals surface area contributed by atoms with Gasteiger partial charge < -0.3 is 4.90 Å². The molecule has 102 valence electrons. The van der Waals surface area contributed by atoms with Gasteiger partial charge in [0.2, 0.25) is 0 Å². The average Bonchev–Trinajstić information content (AvgIpc) is 2.39. The molecular weight excluding hydrogens is 234 g/mol. The summed E-state index contributed by atoms with van der Waals surface area (Å²) in [5.74, 6) is 0.845. The van der Waals surface area contributed by atoms with Crippen LogP contribution in [0.1, 0.15) is 43.8 Å². The zero-order chi connectivity index (χ0) is 13.8. The molecule has 1 aliphatic carbocycles. The molecule has 0 saturated heterocycles. The Morgan fingerprint density at radius 3 is 2.53 bits per heavy atom. The van der Waals surface area contributed by atoms with Crippen molar-refractivity contribution in [2.45, 2.75) is 47.1 Å². The van der Waals surface area contributed by atoms with Crippen LogP contribution in [0.2, 0.25) is 0 Å². The van der Waals surface area contributed by atoms with E-state index < -0.39 is 0 Å². The molecule has 0 spiro atoms. The summed E-state index contributed by atoms with van der Waals surface area (Å²) in [5.41, 5.74) is 5.06. The molecule has 0 N–H and O–H groups in total. The zero-order valence-corrected chi connectivity index (χ0v) is 12.4. The molecule has 19 heavy (non-hydrogen) atoms. The van der Waals surface area contributed by atoms with Crippen molar-refractivity contribution in [2.24, 2.45) is 0 Å². The van der Waals surface area contributed by atoms with E-state index >= 15 is 0 Å². The quantitative estimate of drug-likeness (QED) is 0.826. The third-order valence-corrected chi connectivity index (χ3v) is 3.64. The number of likely N-dealkylation sites (N-methyl/N-ethyl adjacent to an activating group) is 1. The Morgan fingerprint density at radius 2 is 1.89 bits per heavy atom. The molecule has 3 nitrogen and oxygen atoms in total. The van der Waals surface area contributed by atoms with Crippen molar-refractivity contribution in [1.82, 2.24) is 14.9 Å². The Bertz CT molecular complexity index is 515. The van der Waals surface area contributed by atoms with E-state index in [2.05, 4.69) is 47.8 Å². The maximum Gasteiger partial charge on any atom is 0.125 e. The van der Waals surface area contributed by atoms with Gasteiger partial charge in [0.05, 0.1) is 0 Å². The number of nitrogens with zero attached hydrogens (tertiary/aromatic N) is 3. The third kappa shape index (κ3) is 3.22. The van der Waals surface area contributed by atoms with Crippen LogP contribution in [0.3, 0.4) is 0 Å². The van der Waals surface area contributed by atoms with Crippen molar-refractivity contribution in [3.05, 3.63) is 46.7 Å². The number of aromatic nitrogens is 2. The topological polar surface area (TPSA) is 29.0 Å². The molecule has 0 radical (unpaired) electrons. The minimum Gasteiger partial charge on any atom is -0.367 e. The first-order valence-electron chi connectivity index (χ1n) is 7.03. The van der Waals surface area contributed by atoms with Crippen LogP contribution in [0.4, 0.5) is 0 Å². The molecule has 0 atom stereocenters. The number of hydrogen-bond donors (Lipinski definition) is 0. The molecular formula is C16H23N3. The number of rotatable bonds is 4. The van der Waals surface area contributed by atoms with Gasteiger partial charge in [0.15, 0.2) is 0 Å². The lowest BCUT2D eigenvalue weighted by Crippen LogP contribution is -2.24. The molecule has 1 heterocycles. The van der Waals surface area contributed by atoms with Gasteiger partial charge >= 0.3 is 0 Å². The fraction of sp³-hybridized carbons (Fsp3) is 0.500. The summed E-state index contributed by atoms with van der Waals surface area (Å²) in [5, 5.41) is 0. The summed E-state index contributed by atoms with van der Waals surface area (Å²) in [6.07, 6.45) is 8.95. The van der Waals surface area contributed by atoms with E-state index in [1.165, 1.54) is 23.3 Å². The molecule has 1 aromatic rings. The Balaban J connectivity index is 2.19. The van der Waals surface area contributed by atoms with Gasteiger partial charge in [-0.3, -0.25) is 0 Å². The lowest BCUT2D eigenvalue weighted by atomic mass is 10.0. The molecule has 0 fully saturated rings. The summed E-state index contributed by atoms with van der Waals surface area (Å²) in [6.45, 7) is 10.3. The monoisotopic (exact) mass is 257 g/mol. The standard InChI is InChI=1S/C16H23N3/c1-5-19(16-9-7-6-8-12(16)2)11-15-10-17-14(4)18-13(15)3/h8-10H,5-7,11H2,1-4H3. The summed E-state index contributed by atoms with van der Waals surface area (Å²) >= 11 is 0. The van der Waals surface area contributed by atoms with Gasteiger partial charge in [-0.05, 0) is 46.1 Å². The molecule has 0 aromatic carbocycles. The summed E-state index contributed by atoms with van der Waals surface area (Å²) in [7, 11) is 0. The number of hydrogen-bond acceptors (Lipinski definition) is 3. The minimum absolute atomic E-state index is 0.845. The van der Waals surface area contributed by atoms with E-state index in [0.29, 0.717) is 0 Å². The Labute approximate surface area is 116 Å². The first-order chi connectivity index (χ1) is 9.11. The average molecular weight is 257 g/mol. The van der Waals surface area contributed by atoms with Gasteiger partial charge in [-0.15, -0.1) is 0 Å². The highest BCUT2D eigenvalue weighted by Gasteiger charge is 2.14. The number of aryl methyl sites for hydroxylation is 2. The van der Waals surface area contributed by atoms with Crippen molar-refractivity contribution in [2.75, 3.05) is 6.54 Å². The fourth-order valence-electron chi connectivity index (χ4n) is 2.50. The molecule has 0 amide bonds. The van der Waals surface area contributed by atoms with Crippen LogP contribution in [0.5, 0.6) is 0 Å². The van der Waals surface area contributed by atoms with E-state index in [4.69, 9.17) is 0 Å². The molecule has 0 aliphatic heterocycles. The predicted octanol–water partition coefficient (Wildman–Crippen LogP) is 3.54. The lowest BCUT2D eigenvalue weighted by molar-refractivity contribution is 0.356. The maximum absolute atomic E-state index is 4.45.